The topological polar surface area (TPSA) is 74.3 Å². The fourth-order valence-electron chi connectivity index (χ4n) is 2.56. The van der Waals surface area contributed by atoms with Gasteiger partial charge < -0.3 is 20.4 Å². The molecule has 3 rings (SSSR count). The predicted molar refractivity (Wildman–Crippen MR) is 109 cm³/mol. The number of ether oxygens (including phenoxy) is 1. The van der Waals surface area contributed by atoms with E-state index in [0.717, 1.165) is 35.3 Å². The molecule has 0 aliphatic carbocycles. The molecule has 27 heavy (non-hydrogen) atoms. The summed E-state index contributed by atoms with van der Waals surface area (Å²) in [6.07, 6.45) is 1.84. The molecule has 6 nitrogen and oxygen atoms in total. The van der Waals surface area contributed by atoms with Gasteiger partial charge in [-0.05, 0) is 24.6 Å². The number of para-hydroxylation sites is 1. The van der Waals surface area contributed by atoms with E-state index in [1.807, 2.05) is 61.7 Å². The summed E-state index contributed by atoms with van der Waals surface area (Å²) in [6, 6.07) is 19.9. The lowest BCUT2D eigenvalue weighted by Gasteiger charge is -2.11. The number of guanidine groups is 1. The molecule has 0 atom stereocenters. The Morgan fingerprint density at radius 2 is 1.78 bits per heavy atom. The SMILES string of the molecule is CCNC(=NCc1ncc(-c2ccccc2)[nH]1)NCCOc1ccccc1. The minimum absolute atomic E-state index is 0.474. The van der Waals surface area contributed by atoms with Crippen LogP contribution in [-0.4, -0.2) is 35.6 Å². The Bertz CT molecular complexity index is 830. The highest BCUT2D eigenvalue weighted by molar-refractivity contribution is 5.79. The van der Waals surface area contributed by atoms with Gasteiger partial charge in [-0.2, -0.15) is 0 Å². The number of hydrogen-bond acceptors (Lipinski definition) is 3. The van der Waals surface area contributed by atoms with Crippen LogP contribution in [0.2, 0.25) is 0 Å². The van der Waals surface area contributed by atoms with E-state index in [-0.39, 0.29) is 0 Å². The Hall–Kier alpha value is -3.28. The summed E-state index contributed by atoms with van der Waals surface area (Å²) in [5.74, 6) is 2.43. The second-order valence-corrected chi connectivity index (χ2v) is 5.89. The summed E-state index contributed by atoms with van der Waals surface area (Å²) >= 11 is 0. The molecule has 2 aromatic carbocycles. The Balaban J connectivity index is 1.50. The maximum atomic E-state index is 5.69. The standard InChI is InChI=1S/C21H25N5O/c1-2-22-21(23-13-14-27-18-11-7-4-8-12-18)25-16-20-24-15-19(26-20)17-9-5-3-6-10-17/h3-12,15H,2,13-14,16H2,1H3,(H,24,26)(H2,22,23,25). The number of H-pyrrole nitrogens is 1. The van der Waals surface area contributed by atoms with Crippen LogP contribution in [0.25, 0.3) is 11.3 Å². The molecule has 6 heteroatoms. The Labute approximate surface area is 159 Å². The van der Waals surface area contributed by atoms with Gasteiger partial charge in [0.15, 0.2) is 5.96 Å². The van der Waals surface area contributed by atoms with Gasteiger partial charge in [0, 0.05) is 6.54 Å². The van der Waals surface area contributed by atoms with E-state index >= 15 is 0 Å². The number of nitrogens with zero attached hydrogens (tertiary/aromatic N) is 2. The lowest BCUT2D eigenvalue weighted by molar-refractivity contribution is 0.322. The third-order valence-electron chi connectivity index (χ3n) is 3.85. The molecule has 0 fully saturated rings. The van der Waals surface area contributed by atoms with Crippen LogP contribution in [0, 0.1) is 0 Å². The molecule has 140 valence electrons. The number of hydrogen-bond donors (Lipinski definition) is 3. The highest BCUT2D eigenvalue weighted by Gasteiger charge is 2.03. The van der Waals surface area contributed by atoms with Crippen LogP contribution < -0.4 is 15.4 Å². The largest absolute Gasteiger partial charge is 0.492 e. The van der Waals surface area contributed by atoms with Crippen molar-refractivity contribution >= 4 is 5.96 Å². The van der Waals surface area contributed by atoms with E-state index in [4.69, 9.17) is 4.74 Å². The van der Waals surface area contributed by atoms with Crippen LogP contribution in [-0.2, 0) is 6.54 Å². The molecule has 3 aromatic rings. The monoisotopic (exact) mass is 363 g/mol. The van der Waals surface area contributed by atoms with Gasteiger partial charge in [-0.3, -0.25) is 0 Å². The zero-order chi connectivity index (χ0) is 18.7. The number of imidazole rings is 1. The van der Waals surface area contributed by atoms with Crippen LogP contribution in [0.5, 0.6) is 5.75 Å². The van der Waals surface area contributed by atoms with Crippen molar-refractivity contribution in [2.45, 2.75) is 13.5 Å². The Morgan fingerprint density at radius 3 is 2.52 bits per heavy atom. The van der Waals surface area contributed by atoms with Gasteiger partial charge in [-0.15, -0.1) is 0 Å². The summed E-state index contributed by atoms with van der Waals surface area (Å²) in [7, 11) is 0. The van der Waals surface area contributed by atoms with Crippen molar-refractivity contribution < 1.29 is 4.74 Å². The third kappa shape index (κ3) is 5.88. The second kappa shape index (κ2) is 10.0. The maximum absolute atomic E-state index is 5.69. The van der Waals surface area contributed by atoms with Crippen LogP contribution in [0.15, 0.2) is 71.9 Å². The van der Waals surface area contributed by atoms with E-state index in [1.54, 1.807) is 0 Å². The number of nitrogens with one attached hydrogen (secondary N) is 3. The smallest absolute Gasteiger partial charge is 0.191 e. The molecule has 0 aliphatic rings. The first-order valence-corrected chi connectivity index (χ1v) is 9.14. The van der Waals surface area contributed by atoms with Crippen LogP contribution >= 0.6 is 0 Å². The van der Waals surface area contributed by atoms with E-state index in [1.165, 1.54) is 0 Å². The molecule has 0 radical (unpaired) electrons. The minimum Gasteiger partial charge on any atom is -0.492 e. The van der Waals surface area contributed by atoms with Gasteiger partial charge in [0.25, 0.3) is 0 Å². The quantitative estimate of drug-likeness (QED) is 0.326. The molecule has 3 N–H and O–H groups in total. The Kier molecular flexibility index (Phi) is 6.86. The first-order chi connectivity index (χ1) is 13.3. The highest BCUT2D eigenvalue weighted by atomic mass is 16.5. The Morgan fingerprint density at radius 1 is 1.04 bits per heavy atom. The lowest BCUT2D eigenvalue weighted by atomic mass is 10.2. The third-order valence-corrected chi connectivity index (χ3v) is 3.85. The molecule has 0 spiro atoms. The lowest BCUT2D eigenvalue weighted by Crippen LogP contribution is -2.39. The number of rotatable bonds is 8. The second-order valence-electron chi connectivity index (χ2n) is 5.89. The zero-order valence-corrected chi connectivity index (χ0v) is 15.5. The van der Waals surface area contributed by atoms with Crippen molar-refractivity contribution in [2.24, 2.45) is 4.99 Å². The van der Waals surface area contributed by atoms with Gasteiger partial charge >= 0.3 is 0 Å². The molecule has 0 bridgehead atoms. The minimum atomic E-state index is 0.474. The van der Waals surface area contributed by atoms with Crippen LogP contribution in [0.4, 0.5) is 0 Å². The van der Waals surface area contributed by atoms with Gasteiger partial charge in [0.05, 0.1) is 18.4 Å². The van der Waals surface area contributed by atoms with E-state index in [9.17, 15) is 0 Å². The molecule has 0 unspecified atom stereocenters. The summed E-state index contributed by atoms with van der Waals surface area (Å²) in [4.78, 5) is 12.3. The van der Waals surface area contributed by atoms with Gasteiger partial charge in [-0.1, -0.05) is 48.5 Å². The van der Waals surface area contributed by atoms with E-state index in [0.29, 0.717) is 19.7 Å². The van der Waals surface area contributed by atoms with Gasteiger partial charge in [-0.25, -0.2) is 9.98 Å². The first kappa shape index (κ1) is 18.5. The fraction of sp³-hybridized carbons (Fsp3) is 0.238. The van der Waals surface area contributed by atoms with Crippen molar-refractivity contribution in [1.82, 2.24) is 20.6 Å². The van der Waals surface area contributed by atoms with Crippen LogP contribution in [0.1, 0.15) is 12.7 Å². The average Bonchev–Trinajstić information content (AvgIpc) is 3.20. The van der Waals surface area contributed by atoms with Crippen molar-refractivity contribution in [2.75, 3.05) is 19.7 Å². The molecule has 0 saturated heterocycles. The van der Waals surface area contributed by atoms with Gasteiger partial charge in [0.1, 0.15) is 24.7 Å². The molecular formula is C21H25N5O. The number of aliphatic imine (C=N–C) groups is 1. The van der Waals surface area contributed by atoms with Crippen molar-refractivity contribution in [3.05, 3.63) is 72.7 Å². The van der Waals surface area contributed by atoms with Crippen LogP contribution in [0.3, 0.4) is 0 Å². The molecule has 1 heterocycles. The number of aromatic nitrogens is 2. The maximum Gasteiger partial charge on any atom is 0.191 e. The summed E-state index contributed by atoms with van der Waals surface area (Å²) in [5.41, 5.74) is 2.11. The van der Waals surface area contributed by atoms with Crippen molar-refractivity contribution in [1.29, 1.82) is 0 Å². The number of aromatic amines is 1. The average molecular weight is 363 g/mol. The summed E-state index contributed by atoms with van der Waals surface area (Å²) < 4.78 is 5.69. The van der Waals surface area contributed by atoms with Crippen molar-refractivity contribution in [3.8, 4) is 17.0 Å². The first-order valence-electron chi connectivity index (χ1n) is 9.14. The molecule has 1 aromatic heterocycles. The number of benzene rings is 2. The fourth-order valence-corrected chi connectivity index (χ4v) is 2.56. The normalized spacial score (nSPS) is 11.2. The molecule has 0 saturated carbocycles. The molecular weight excluding hydrogens is 338 g/mol. The van der Waals surface area contributed by atoms with Gasteiger partial charge in [0.2, 0.25) is 0 Å². The van der Waals surface area contributed by atoms with E-state index in [2.05, 4.69) is 37.7 Å². The van der Waals surface area contributed by atoms with Crippen molar-refractivity contribution in [3.63, 3.8) is 0 Å². The highest BCUT2D eigenvalue weighted by Crippen LogP contribution is 2.16. The molecule has 0 amide bonds. The molecule has 0 aliphatic heterocycles. The zero-order valence-electron chi connectivity index (χ0n) is 15.5. The predicted octanol–water partition coefficient (Wildman–Crippen LogP) is 3.21. The van der Waals surface area contributed by atoms with E-state index < -0.39 is 0 Å². The summed E-state index contributed by atoms with van der Waals surface area (Å²) in [6.45, 7) is 4.53. The summed E-state index contributed by atoms with van der Waals surface area (Å²) in [5, 5.41) is 6.50.